The highest BCUT2D eigenvalue weighted by atomic mass is 16.4. The standard InChI is InChI=1S/C7H10N4O2/c8-3-6-10-11-7(13-6)4-1-2-5(12)9-4/h4H,1-3,8H2,(H,9,12)/t4-/m0/s1. The maximum atomic E-state index is 10.9. The number of rotatable bonds is 2. The summed E-state index contributed by atoms with van der Waals surface area (Å²) in [6.45, 7) is 0.230. The van der Waals surface area contributed by atoms with Crippen molar-refractivity contribution in [2.45, 2.75) is 25.4 Å². The van der Waals surface area contributed by atoms with Gasteiger partial charge < -0.3 is 15.5 Å². The fourth-order valence-electron chi connectivity index (χ4n) is 1.29. The molecule has 13 heavy (non-hydrogen) atoms. The van der Waals surface area contributed by atoms with Crippen LogP contribution < -0.4 is 11.1 Å². The number of nitrogens with two attached hydrogens (primary N) is 1. The molecule has 1 aliphatic heterocycles. The van der Waals surface area contributed by atoms with Gasteiger partial charge in [-0.2, -0.15) is 0 Å². The Morgan fingerprint density at radius 3 is 3.00 bits per heavy atom. The lowest BCUT2D eigenvalue weighted by molar-refractivity contribution is -0.119. The molecule has 0 saturated carbocycles. The number of nitrogens with one attached hydrogen (secondary N) is 1. The zero-order chi connectivity index (χ0) is 9.26. The fourth-order valence-corrected chi connectivity index (χ4v) is 1.29. The number of amides is 1. The molecule has 6 nitrogen and oxygen atoms in total. The molecular formula is C7H10N4O2. The average molecular weight is 182 g/mol. The molecule has 1 fully saturated rings. The summed E-state index contributed by atoms with van der Waals surface area (Å²) in [4.78, 5) is 10.9. The predicted molar refractivity (Wildman–Crippen MR) is 42.3 cm³/mol. The van der Waals surface area contributed by atoms with Crippen LogP contribution in [0.15, 0.2) is 4.42 Å². The Bertz CT molecular complexity index is 322. The quantitative estimate of drug-likeness (QED) is 0.641. The van der Waals surface area contributed by atoms with Gasteiger partial charge in [-0.15, -0.1) is 10.2 Å². The molecule has 1 aromatic rings. The van der Waals surface area contributed by atoms with Crippen molar-refractivity contribution in [3.63, 3.8) is 0 Å². The minimum atomic E-state index is -0.125. The summed E-state index contributed by atoms with van der Waals surface area (Å²) in [6.07, 6.45) is 1.23. The SMILES string of the molecule is NCc1nnc([C@@H]2CCC(=O)N2)o1. The summed E-state index contributed by atoms with van der Waals surface area (Å²) in [5.41, 5.74) is 5.31. The normalized spacial score (nSPS) is 21.9. The van der Waals surface area contributed by atoms with Gasteiger partial charge in [-0.05, 0) is 6.42 Å². The second-order valence-corrected chi connectivity index (χ2v) is 2.90. The molecule has 70 valence electrons. The Balaban J connectivity index is 2.12. The van der Waals surface area contributed by atoms with Crippen LogP contribution in [0, 0.1) is 0 Å². The summed E-state index contributed by atoms with van der Waals surface area (Å²) in [5, 5.41) is 10.2. The van der Waals surface area contributed by atoms with Gasteiger partial charge in [0.15, 0.2) is 0 Å². The van der Waals surface area contributed by atoms with E-state index in [-0.39, 0.29) is 18.5 Å². The molecule has 0 bridgehead atoms. The molecule has 6 heteroatoms. The largest absolute Gasteiger partial charge is 0.422 e. The number of nitrogens with zero attached hydrogens (tertiary/aromatic N) is 2. The van der Waals surface area contributed by atoms with Crippen LogP contribution in [0.1, 0.15) is 30.7 Å². The van der Waals surface area contributed by atoms with E-state index in [0.717, 1.165) is 0 Å². The smallest absolute Gasteiger partial charge is 0.238 e. The minimum Gasteiger partial charge on any atom is -0.422 e. The summed E-state index contributed by atoms with van der Waals surface area (Å²) in [5.74, 6) is 0.875. The summed E-state index contributed by atoms with van der Waals surface area (Å²) < 4.78 is 5.20. The van der Waals surface area contributed by atoms with Gasteiger partial charge in [-0.1, -0.05) is 0 Å². The first-order valence-electron chi connectivity index (χ1n) is 4.11. The monoisotopic (exact) mass is 182 g/mol. The van der Waals surface area contributed by atoms with Crippen molar-refractivity contribution in [1.29, 1.82) is 0 Å². The number of carbonyl (C=O) groups excluding carboxylic acids is 1. The molecule has 1 saturated heterocycles. The first-order valence-corrected chi connectivity index (χ1v) is 4.11. The zero-order valence-electron chi connectivity index (χ0n) is 6.99. The van der Waals surface area contributed by atoms with E-state index >= 15 is 0 Å². The molecule has 3 N–H and O–H groups in total. The number of hydrogen-bond acceptors (Lipinski definition) is 5. The van der Waals surface area contributed by atoms with Crippen LogP contribution >= 0.6 is 0 Å². The van der Waals surface area contributed by atoms with Crippen molar-refractivity contribution in [3.05, 3.63) is 11.8 Å². The first kappa shape index (κ1) is 8.18. The molecule has 0 spiro atoms. The number of carbonyl (C=O) groups is 1. The highest BCUT2D eigenvalue weighted by Crippen LogP contribution is 2.21. The minimum absolute atomic E-state index is 0.0255. The lowest BCUT2D eigenvalue weighted by atomic mass is 10.2. The third-order valence-electron chi connectivity index (χ3n) is 1.95. The molecule has 1 aliphatic rings. The van der Waals surface area contributed by atoms with Gasteiger partial charge in [0.05, 0.1) is 6.54 Å². The highest BCUT2D eigenvalue weighted by molar-refractivity contribution is 5.78. The maximum absolute atomic E-state index is 10.9. The van der Waals surface area contributed by atoms with Crippen molar-refractivity contribution in [3.8, 4) is 0 Å². The third kappa shape index (κ3) is 1.52. The molecular weight excluding hydrogens is 172 g/mol. The van der Waals surface area contributed by atoms with Crippen LogP contribution in [-0.4, -0.2) is 16.1 Å². The van der Waals surface area contributed by atoms with Crippen LogP contribution in [0.25, 0.3) is 0 Å². The van der Waals surface area contributed by atoms with E-state index < -0.39 is 0 Å². The predicted octanol–water partition coefficient (Wildman–Crippen LogP) is -0.521. The van der Waals surface area contributed by atoms with E-state index in [9.17, 15) is 4.79 Å². The van der Waals surface area contributed by atoms with E-state index in [1.807, 2.05) is 0 Å². The van der Waals surface area contributed by atoms with Crippen LogP contribution in [-0.2, 0) is 11.3 Å². The molecule has 1 aromatic heterocycles. The highest BCUT2D eigenvalue weighted by Gasteiger charge is 2.26. The molecule has 2 heterocycles. The van der Waals surface area contributed by atoms with E-state index in [0.29, 0.717) is 24.6 Å². The van der Waals surface area contributed by atoms with E-state index in [1.165, 1.54) is 0 Å². The van der Waals surface area contributed by atoms with Crippen molar-refractivity contribution in [2.75, 3.05) is 0 Å². The van der Waals surface area contributed by atoms with E-state index in [4.69, 9.17) is 10.2 Å². The Morgan fingerprint density at radius 1 is 1.62 bits per heavy atom. The molecule has 0 aliphatic carbocycles. The van der Waals surface area contributed by atoms with Gasteiger partial charge in [0, 0.05) is 6.42 Å². The van der Waals surface area contributed by atoms with Crippen LogP contribution in [0.4, 0.5) is 0 Å². The Morgan fingerprint density at radius 2 is 2.46 bits per heavy atom. The zero-order valence-corrected chi connectivity index (χ0v) is 6.99. The summed E-state index contributed by atoms with van der Waals surface area (Å²) in [7, 11) is 0. The third-order valence-corrected chi connectivity index (χ3v) is 1.95. The van der Waals surface area contributed by atoms with Gasteiger partial charge in [-0.25, -0.2) is 0 Å². The maximum Gasteiger partial charge on any atom is 0.238 e. The van der Waals surface area contributed by atoms with Gasteiger partial charge in [0.25, 0.3) is 0 Å². The Kier molecular flexibility index (Phi) is 1.97. The number of aromatic nitrogens is 2. The molecule has 0 aromatic carbocycles. The van der Waals surface area contributed by atoms with Crippen LogP contribution in [0.3, 0.4) is 0 Å². The summed E-state index contributed by atoms with van der Waals surface area (Å²) >= 11 is 0. The fraction of sp³-hybridized carbons (Fsp3) is 0.571. The van der Waals surface area contributed by atoms with Crippen molar-refractivity contribution >= 4 is 5.91 Å². The number of hydrogen-bond donors (Lipinski definition) is 2. The Labute approximate surface area is 74.5 Å². The first-order chi connectivity index (χ1) is 6.29. The molecule has 0 unspecified atom stereocenters. The molecule has 1 atom stereocenters. The van der Waals surface area contributed by atoms with Gasteiger partial charge >= 0.3 is 0 Å². The summed E-state index contributed by atoms with van der Waals surface area (Å²) in [6, 6.07) is -0.125. The van der Waals surface area contributed by atoms with Gasteiger partial charge in [-0.3, -0.25) is 4.79 Å². The lowest BCUT2D eigenvalue weighted by Gasteiger charge is -2.01. The molecule has 0 radical (unpaired) electrons. The van der Waals surface area contributed by atoms with Crippen LogP contribution in [0.2, 0.25) is 0 Å². The second-order valence-electron chi connectivity index (χ2n) is 2.90. The van der Waals surface area contributed by atoms with Gasteiger partial charge in [0.1, 0.15) is 6.04 Å². The van der Waals surface area contributed by atoms with E-state index in [1.54, 1.807) is 0 Å². The Hall–Kier alpha value is -1.43. The second kappa shape index (κ2) is 3.14. The molecule has 2 rings (SSSR count). The van der Waals surface area contributed by atoms with Crippen LogP contribution in [0.5, 0.6) is 0 Å². The van der Waals surface area contributed by atoms with Crippen molar-refractivity contribution < 1.29 is 9.21 Å². The van der Waals surface area contributed by atoms with E-state index in [2.05, 4.69) is 15.5 Å². The molecule has 1 amide bonds. The van der Waals surface area contributed by atoms with Crippen molar-refractivity contribution in [2.24, 2.45) is 5.73 Å². The van der Waals surface area contributed by atoms with Crippen molar-refractivity contribution in [1.82, 2.24) is 15.5 Å². The average Bonchev–Trinajstić information content (AvgIpc) is 2.71. The van der Waals surface area contributed by atoms with Gasteiger partial charge in [0.2, 0.25) is 17.7 Å². The lowest BCUT2D eigenvalue weighted by Crippen LogP contribution is -2.18. The topological polar surface area (TPSA) is 94.0 Å².